The molecule has 5 nitrogen and oxygen atoms in total. The van der Waals surface area contributed by atoms with E-state index in [1.54, 1.807) is 12.1 Å². The Labute approximate surface area is 80.2 Å². The number of rotatable bonds is 2. The van der Waals surface area contributed by atoms with Gasteiger partial charge in [0.25, 0.3) is 5.91 Å². The number of nitrogens with zero attached hydrogens (tertiary/aromatic N) is 1. The Morgan fingerprint density at radius 3 is 3.00 bits per heavy atom. The zero-order chi connectivity index (χ0) is 10.1. The highest BCUT2D eigenvalue weighted by Crippen LogP contribution is 2.34. The number of hydrogen-bond donors (Lipinski definition) is 0. The third-order valence-electron chi connectivity index (χ3n) is 2.00. The molecule has 1 saturated heterocycles. The van der Waals surface area contributed by atoms with Gasteiger partial charge in [-0.1, -0.05) is 0 Å². The molecule has 2 rings (SSSR count). The molecule has 1 aromatic heterocycles. The Morgan fingerprint density at radius 1 is 1.71 bits per heavy atom. The fourth-order valence-corrected chi connectivity index (χ4v) is 1.35. The number of β-lactam (4-membered cyclic amide) rings is 1. The van der Waals surface area contributed by atoms with Gasteiger partial charge >= 0.3 is 5.97 Å². The molecule has 14 heavy (non-hydrogen) atoms. The van der Waals surface area contributed by atoms with E-state index in [4.69, 9.17) is 9.25 Å². The quantitative estimate of drug-likeness (QED) is 0.661. The van der Waals surface area contributed by atoms with Crippen molar-refractivity contribution in [3.05, 3.63) is 24.2 Å². The molecule has 1 fully saturated rings. The van der Waals surface area contributed by atoms with Crippen LogP contribution < -0.4 is 0 Å². The molecule has 0 radical (unpaired) electrons. The van der Waals surface area contributed by atoms with Crippen molar-refractivity contribution in [1.82, 2.24) is 5.06 Å². The molecule has 1 atom stereocenters. The Balaban J connectivity index is 2.08. The summed E-state index contributed by atoms with van der Waals surface area (Å²) in [4.78, 5) is 26.5. The first kappa shape index (κ1) is 8.80. The molecule has 1 amide bonds. The van der Waals surface area contributed by atoms with Crippen LogP contribution in [0.25, 0.3) is 0 Å². The van der Waals surface area contributed by atoms with E-state index in [1.165, 1.54) is 13.2 Å². The van der Waals surface area contributed by atoms with Crippen molar-refractivity contribution in [2.75, 3.05) is 0 Å². The maximum Gasteiger partial charge on any atom is 0.329 e. The third-order valence-corrected chi connectivity index (χ3v) is 2.00. The normalized spacial score (nSPS) is 20.5. The molecular formula is C9H9NO4. The molecule has 0 N–H and O–H groups in total. The Hall–Kier alpha value is -1.78. The molecule has 2 heterocycles. The second kappa shape index (κ2) is 3.17. The fraction of sp³-hybridized carbons (Fsp3) is 0.333. The van der Waals surface area contributed by atoms with E-state index >= 15 is 0 Å². The highest BCUT2D eigenvalue weighted by Gasteiger charge is 2.42. The lowest BCUT2D eigenvalue weighted by molar-refractivity contribution is -0.228. The standard InChI is InChI=1S/C9H9NO4/c1-6(11)14-10-7(5-9(10)12)8-3-2-4-13-8/h2-4,7H,5H2,1H3. The minimum absolute atomic E-state index is 0.207. The summed E-state index contributed by atoms with van der Waals surface area (Å²) in [6.45, 7) is 1.25. The maximum atomic E-state index is 11.1. The zero-order valence-electron chi connectivity index (χ0n) is 7.60. The first-order valence-electron chi connectivity index (χ1n) is 4.22. The number of amides is 1. The van der Waals surface area contributed by atoms with Crippen molar-refractivity contribution in [1.29, 1.82) is 0 Å². The summed E-state index contributed by atoms with van der Waals surface area (Å²) in [6, 6.07) is 3.21. The van der Waals surface area contributed by atoms with E-state index in [2.05, 4.69) is 0 Å². The lowest BCUT2D eigenvalue weighted by Crippen LogP contribution is -2.46. The SMILES string of the molecule is CC(=O)ON1C(=O)CC1c1ccco1. The molecular weight excluding hydrogens is 186 g/mol. The molecule has 0 saturated carbocycles. The number of carbonyl (C=O) groups excluding carboxylic acids is 2. The summed E-state index contributed by atoms with van der Waals surface area (Å²) >= 11 is 0. The minimum atomic E-state index is -0.505. The predicted octanol–water partition coefficient (Wildman–Crippen LogP) is 1.03. The second-order valence-corrected chi connectivity index (χ2v) is 3.04. The summed E-state index contributed by atoms with van der Waals surface area (Å²) in [6.07, 6.45) is 1.84. The molecule has 0 spiro atoms. The van der Waals surface area contributed by atoms with Crippen LogP contribution in [0.5, 0.6) is 0 Å². The average Bonchev–Trinajstić information content (AvgIpc) is 2.62. The van der Waals surface area contributed by atoms with E-state index in [-0.39, 0.29) is 11.9 Å². The molecule has 0 aromatic carbocycles. The van der Waals surface area contributed by atoms with Crippen LogP contribution >= 0.6 is 0 Å². The van der Waals surface area contributed by atoms with Crippen molar-refractivity contribution in [3.63, 3.8) is 0 Å². The van der Waals surface area contributed by atoms with E-state index < -0.39 is 5.97 Å². The monoisotopic (exact) mass is 195 g/mol. The molecule has 1 aliphatic rings. The highest BCUT2D eigenvalue weighted by molar-refractivity contribution is 5.83. The van der Waals surface area contributed by atoms with Crippen molar-refractivity contribution < 1.29 is 18.8 Å². The number of furan rings is 1. The van der Waals surface area contributed by atoms with E-state index in [0.29, 0.717) is 12.2 Å². The molecule has 1 aliphatic heterocycles. The summed E-state index contributed by atoms with van der Waals surface area (Å²) in [7, 11) is 0. The lowest BCUT2D eigenvalue weighted by atomic mass is 10.0. The Morgan fingerprint density at radius 2 is 2.50 bits per heavy atom. The highest BCUT2D eigenvalue weighted by atomic mass is 16.7. The number of hydrogen-bond acceptors (Lipinski definition) is 4. The van der Waals surface area contributed by atoms with Gasteiger partial charge in [0.1, 0.15) is 11.8 Å². The van der Waals surface area contributed by atoms with Gasteiger partial charge in [0.05, 0.1) is 12.7 Å². The average molecular weight is 195 g/mol. The van der Waals surface area contributed by atoms with Gasteiger partial charge in [0.15, 0.2) is 0 Å². The Kier molecular flexibility index (Phi) is 1.99. The molecule has 1 aromatic rings. The minimum Gasteiger partial charge on any atom is -0.467 e. The molecule has 74 valence electrons. The summed E-state index contributed by atoms with van der Waals surface area (Å²) in [5.74, 6) is -0.0814. The molecule has 0 aliphatic carbocycles. The largest absolute Gasteiger partial charge is 0.467 e. The van der Waals surface area contributed by atoms with Crippen LogP contribution in [-0.2, 0) is 14.4 Å². The fourth-order valence-electron chi connectivity index (χ4n) is 1.35. The van der Waals surface area contributed by atoms with Crippen molar-refractivity contribution in [2.24, 2.45) is 0 Å². The smallest absolute Gasteiger partial charge is 0.329 e. The van der Waals surface area contributed by atoms with Crippen LogP contribution in [0.2, 0.25) is 0 Å². The van der Waals surface area contributed by atoms with E-state index in [9.17, 15) is 9.59 Å². The molecule has 0 bridgehead atoms. The third kappa shape index (κ3) is 1.37. The predicted molar refractivity (Wildman–Crippen MR) is 44.7 cm³/mol. The maximum absolute atomic E-state index is 11.1. The van der Waals surface area contributed by atoms with Crippen molar-refractivity contribution in [3.8, 4) is 0 Å². The zero-order valence-corrected chi connectivity index (χ0v) is 7.60. The lowest BCUT2D eigenvalue weighted by Gasteiger charge is -2.35. The van der Waals surface area contributed by atoms with Crippen LogP contribution in [0, 0.1) is 0 Å². The van der Waals surface area contributed by atoms with Crippen LogP contribution in [0.15, 0.2) is 22.8 Å². The van der Waals surface area contributed by atoms with Gasteiger partial charge in [-0.15, -0.1) is 0 Å². The summed E-state index contributed by atoms with van der Waals surface area (Å²) in [5, 5.41) is 1.04. The van der Waals surface area contributed by atoms with Gasteiger partial charge in [-0.05, 0) is 12.1 Å². The van der Waals surface area contributed by atoms with Crippen LogP contribution in [0.1, 0.15) is 25.1 Å². The van der Waals surface area contributed by atoms with Gasteiger partial charge < -0.3 is 9.25 Å². The number of carbonyl (C=O) groups is 2. The first-order chi connectivity index (χ1) is 6.68. The van der Waals surface area contributed by atoms with Gasteiger partial charge in [0, 0.05) is 6.92 Å². The molecule has 1 unspecified atom stereocenters. The van der Waals surface area contributed by atoms with Crippen LogP contribution in [0.3, 0.4) is 0 Å². The first-order valence-corrected chi connectivity index (χ1v) is 4.22. The van der Waals surface area contributed by atoms with Crippen LogP contribution in [0.4, 0.5) is 0 Å². The van der Waals surface area contributed by atoms with E-state index in [1.807, 2.05) is 0 Å². The second-order valence-electron chi connectivity index (χ2n) is 3.04. The topological polar surface area (TPSA) is 59.8 Å². The van der Waals surface area contributed by atoms with Gasteiger partial charge in [0.2, 0.25) is 0 Å². The Bertz CT molecular complexity index is 357. The number of hydroxylamine groups is 2. The van der Waals surface area contributed by atoms with Gasteiger partial charge in [-0.25, -0.2) is 0 Å². The molecule has 5 heteroatoms. The van der Waals surface area contributed by atoms with Gasteiger partial charge in [-0.2, -0.15) is 5.06 Å². The van der Waals surface area contributed by atoms with E-state index in [0.717, 1.165) is 5.06 Å². The van der Waals surface area contributed by atoms with Crippen LogP contribution in [-0.4, -0.2) is 16.9 Å². The summed E-state index contributed by atoms with van der Waals surface area (Å²) < 4.78 is 5.11. The van der Waals surface area contributed by atoms with Crippen molar-refractivity contribution in [2.45, 2.75) is 19.4 Å². The summed E-state index contributed by atoms with van der Waals surface area (Å²) in [5.41, 5.74) is 0. The van der Waals surface area contributed by atoms with Crippen molar-refractivity contribution >= 4 is 11.9 Å². The van der Waals surface area contributed by atoms with Gasteiger partial charge in [-0.3, -0.25) is 9.59 Å².